The third kappa shape index (κ3) is 3.43. The minimum absolute atomic E-state index is 0.101. The zero-order chi connectivity index (χ0) is 17.1. The van der Waals surface area contributed by atoms with Gasteiger partial charge in [0.2, 0.25) is 5.91 Å². The highest BCUT2D eigenvalue weighted by Gasteiger charge is 2.14. The molecular weight excluding hydrogens is 325 g/mol. The van der Waals surface area contributed by atoms with Crippen LogP contribution in [0.1, 0.15) is 11.4 Å². The van der Waals surface area contributed by atoms with Crippen molar-refractivity contribution < 1.29 is 9.18 Å². The van der Waals surface area contributed by atoms with Gasteiger partial charge in [0.15, 0.2) is 0 Å². The molecule has 2 aromatic carbocycles. The normalized spacial score (nSPS) is 11.0. The first-order valence-electron chi connectivity index (χ1n) is 7.57. The molecule has 0 saturated heterocycles. The van der Waals surface area contributed by atoms with Crippen LogP contribution < -0.4 is 5.32 Å². The number of anilines is 1. The maximum atomic E-state index is 13.8. The van der Waals surface area contributed by atoms with Crippen molar-refractivity contribution in [3.63, 3.8) is 0 Å². The molecule has 1 heterocycles. The molecule has 3 rings (SSSR count). The van der Waals surface area contributed by atoms with Crippen LogP contribution in [0.15, 0.2) is 42.5 Å². The average molecular weight is 343 g/mol. The van der Waals surface area contributed by atoms with Crippen molar-refractivity contribution in [2.75, 3.05) is 11.6 Å². The highest BCUT2D eigenvalue weighted by atomic mass is 32.2. The predicted octanol–water partition coefficient (Wildman–Crippen LogP) is 3.99. The first-order valence-corrected chi connectivity index (χ1v) is 8.97. The molecule has 0 spiro atoms. The fourth-order valence-corrected chi connectivity index (χ4v) is 3.09. The van der Waals surface area contributed by atoms with Crippen LogP contribution in [0, 0.1) is 12.7 Å². The Kier molecular flexibility index (Phi) is 4.85. The Morgan fingerprint density at radius 2 is 2.08 bits per heavy atom. The lowest BCUT2D eigenvalue weighted by atomic mass is 10.2. The summed E-state index contributed by atoms with van der Waals surface area (Å²) in [5.74, 6) is 0.836. The van der Waals surface area contributed by atoms with Gasteiger partial charge in [0.05, 0.1) is 22.5 Å². The van der Waals surface area contributed by atoms with Gasteiger partial charge in [0.25, 0.3) is 0 Å². The lowest BCUT2D eigenvalue weighted by molar-refractivity contribution is -0.116. The average Bonchev–Trinajstić information content (AvgIpc) is 2.89. The maximum Gasteiger partial charge on any atom is 0.244 e. The highest BCUT2D eigenvalue weighted by molar-refractivity contribution is 7.97. The highest BCUT2D eigenvalue weighted by Crippen LogP contribution is 2.20. The van der Waals surface area contributed by atoms with Crippen LogP contribution in [0.2, 0.25) is 0 Å². The number of imidazole rings is 1. The first-order chi connectivity index (χ1) is 11.6. The molecule has 0 unspecified atom stereocenters. The van der Waals surface area contributed by atoms with Crippen LogP contribution in [-0.4, -0.2) is 21.7 Å². The van der Waals surface area contributed by atoms with Gasteiger partial charge in [-0.25, -0.2) is 9.37 Å². The zero-order valence-electron chi connectivity index (χ0n) is 13.5. The van der Waals surface area contributed by atoms with Gasteiger partial charge in [0.1, 0.15) is 18.2 Å². The Morgan fingerprint density at radius 3 is 2.88 bits per heavy atom. The van der Waals surface area contributed by atoms with Crippen molar-refractivity contribution in [3.05, 3.63) is 59.7 Å². The van der Waals surface area contributed by atoms with Crippen molar-refractivity contribution in [3.8, 4) is 0 Å². The molecule has 0 fully saturated rings. The summed E-state index contributed by atoms with van der Waals surface area (Å²) in [7, 11) is 0. The van der Waals surface area contributed by atoms with Crippen molar-refractivity contribution in [2.45, 2.75) is 19.2 Å². The van der Waals surface area contributed by atoms with E-state index in [0.29, 0.717) is 5.75 Å². The predicted molar refractivity (Wildman–Crippen MR) is 96.7 cm³/mol. The summed E-state index contributed by atoms with van der Waals surface area (Å²) in [6.07, 6.45) is 1.99. The molecule has 3 aromatic rings. The Hall–Kier alpha value is -2.34. The number of fused-ring (bicyclic) bond motifs is 1. The van der Waals surface area contributed by atoms with Gasteiger partial charge in [-0.3, -0.25) is 4.79 Å². The number of thioether (sulfide) groups is 1. The monoisotopic (exact) mass is 343 g/mol. The van der Waals surface area contributed by atoms with Crippen LogP contribution in [0.4, 0.5) is 10.1 Å². The number of nitrogens with zero attached hydrogens (tertiary/aromatic N) is 2. The lowest BCUT2D eigenvalue weighted by Gasteiger charge is -2.10. The SMILES string of the molecule is CSCc1nc2ccccc2n1CC(=O)Nc1cc(C)ccc1F. The number of hydrogen-bond acceptors (Lipinski definition) is 3. The molecule has 1 N–H and O–H groups in total. The number of hydrogen-bond donors (Lipinski definition) is 1. The van der Waals surface area contributed by atoms with E-state index in [2.05, 4.69) is 10.3 Å². The maximum absolute atomic E-state index is 13.8. The number of aromatic nitrogens is 2. The first kappa shape index (κ1) is 16.5. The molecular formula is C18H18FN3OS. The Morgan fingerprint density at radius 1 is 1.29 bits per heavy atom. The molecule has 6 heteroatoms. The third-order valence-corrected chi connectivity index (χ3v) is 4.25. The molecule has 0 bridgehead atoms. The molecule has 0 atom stereocenters. The minimum atomic E-state index is -0.436. The second-order valence-corrected chi connectivity index (χ2v) is 6.43. The van der Waals surface area contributed by atoms with Gasteiger partial charge in [0, 0.05) is 0 Å². The van der Waals surface area contributed by atoms with Crippen LogP contribution in [0.5, 0.6) is 0 Å². The number of benzene rings is 2. The number of halogens is 1. The smallest absolute Gasteiger partial charge is 0.244 e. The molecule has 0 radical (unpaired) electrons. The van der Waals surface area contributed by atoms with Gasteiger partial charge in [-0.05, 0) is 43.0 Å². The summed E-state index contributed by atoms with van der Waals surface area (Å²) in [6, 6.07) is 12.4. The van der Waals surface area contributed by atoms with Crippen molar-refractivity contribution in [1.29, 1.82) is 0 Å². The van der Waals surface area contributed by atoms with Gasteiger partial charge >= 0.3 is 0 Å². The van der Waals surface area contributed by atoms with E-state index in [1.807, 2.05) is 42.0 Å². The van der Waals surface area contributed by atoms with Crippen LogP contribution in [-0.2, 0) is 17.1 Å². The molecule has 0 aliphatic heterocycles. The van der Waals surface area contributed by atoms with Gasteiger partial charge in [-0.1, -0.05) is 18.2 Å². The number of aryl methyl sites for hydroxylation is 1. The van der Waals surface area contributed by atoms with Gasteiger partial charge in [-0.2, -0.15) is 11.8 Å². The minimum Gasteiger partial charge on any atom is -0.322 e. The standard InChI is InChI=1S/C18H18FN3OS/c1-12-7-8-13(19)15(9-12)21-18(23)10-22-16-6-4-3-5-14(16)20-17(22)11-24-2/h3-9H,10-11H2,1-2H3,(H,21,23). The number of carbonyl (C=O) groups is 1. The van der Waals surface area contributed by atoms with E-state index in [0.717, 1.165) is 22.4 Å². The fourth-order valence-electron chi connectivity index (χ4n) is 2.61. The number of amides is 1. The van der Waals surface area contributed by atoms with Gasteiger partial charge < -0.3 is 9.88 Å². The van der Waals surface area contributed by atoms with E-state index in [-0.39, 0.29) is 18.1 Å². The lowest BCUT2D eigenvalue weighted by Crippen LogP contribution is -2.20. The number of rotatable bonds is 5. The third-order valence-electron chi connectivity index (χ3n) is 3.70. The Labute approximate surface area is 144 Å². The second kappa shape index (κ2) is 7.05. The van der Waals surface area contributed by atoms with Crippen LogP contribution in [0.25, 0.3) is 11.0 Å². The van der Waals surface area contributed by atoms with Crippen molar-refractivity contribution in [1.82, 2.24) is 9.55 Å². The Bertz CT molecular complexity index is 891. The largest absolute Gasteiger partial charge is 0.322 e. The molecule has 1 amide bonds. The number of carbonyl (C=O) groups excluding carboxylic acids is 1. The fraction of sp³-hybridized carbons (Fsp3) is 0.222. The Balaban J connectivity index is 1.87. The summed E-state index contributed by atoms with van der Waals surface area (Å²) in [5, 5.41) is 2.65. The van der Waals surface area contributed by atoms with Crippen molar-refractivity contribution in [2.24, 2.45) is 0 Å². The molecule has 4 nitrogen and oxygen atoms in total. The summed E-state index contributed by atoms with van der Waals surface area (Å²) in [5.41, 5.74) is 2.86. The molecule has 0 aliphatic carbocycles. The van der Waals surface area contributed by atoms with E-state index in [4.69, 9.17) is 0 Å². The molecule has 0 saturated carbocycles. The van der Waals surface area contributed by atoms with Crippen LogP contribution in [0.3, 0.4) is 0 Å². The summed E-state index contributed by atoms with van der Waals surface area (Å²) < 4.78 is 15.7. The van der Waals surface area contributed by atoms with Crippen molar-refractivity contribution >= 4 is 34.4 Å². The van der Waals surface area contributed by atoms with E-state index in [9.17, 15) is 9.18 Å². The second-order valence-electron chi connectivity index (χ2n) is 5.57. The van der Waals surface area contributed by atoms with Crippen LogP contribution >= 0.6 is 11.8 Å². The molecule has 24 heavy (non-hydrogen) atoms. The van der Waals surface area contributed by atoms with E-state index in [1.54, 1.807) is 23.9 Å². The molecule has 1 aromatic heterocycles. The molecule has 124 valence electrons. The quantitative estimate of drug-likeness (QED) is 0.762. The van der Waals surface area contributed by atoms with E-state index < -0.39 is 5.82 Å². The molecule has 0 aliphatic rings. The zero-order valence-corrected chi connectivity index (χ0v) is 14.4. The summed E-state index contributed by atoms with van der Waals surface area (Å²) >= 11 is 1.64. The number of para-hydroxylation sites is 2. The van der Waals surface area contributed by atoms with E-state index >= 15 is 0 Å². The summed E-state index contributed by atoms with van der Waals surface area (Å²) in [4.78, 5) is 17.0. The summed E-state index contributed by atoms with van der Waals surface area (Å²) in [6.45, 7) is 1.96. The topological polar surface area (TPSA) is 46.9 Å². The number of nitrogens with one attached hydrogen (secondary N) is 1. The van der Waals surface area contributed by atoms with Gasteiger partial charge in [-0.15, -0.1) is 0 Å². The van der Waals surface area contributed by atoms with E-state index in [1.165, 1.54) is 6.07 Å².